The molecule has 0 aliphatic carbocycles. The number of alkyl halides is 3. The number of halogens is 3. The van der Waals surface area contributed by atoms with Crippen molar-refractivity contribution in [1.29, 1.82) is 0 Å². The van der Waals surface area contributed by atoms with Gasteiger partial charge in [-0.25, -0.2) is 9.78 Å². The molecule has 140 valence electrons. The first-order valence-corrected chi connectivity index (χ1v) is 7.91. The highest BCUT2D eigenvalue weighted by Crippen LogP contribution is 2.30. The van der Waals surface area contributed by atoms with Gasteiger partial charge in [0.2, 0.25) is 5.95 Å². The molecule has 9 heteroatoms. The Morgan fingerprint density at radius 2 is 1.88 bits per heavy atom. The van der Waals surface area contributed by atoms with Gasteiger partial charge in [0.15, 0.2) is 5.69 Å². The first-order valence-electron chi connectivity index (χ1n) is 7.91. The van der Waals surface area contributed by atoms with Crippen LogP contribution in [0.15, 0.2) is 30.3 Å². The van der Waals surface area contributed by atoms with E-state index in [0.717, 1.165) is 6.07 Å². The lowest BCUT2D eigenvalue weighted by Gasteiger charge is -2.15. The second-order valence-corrected chi connectivity index (χ2v) is 5.61. The van der Waals surface area contributed by atoms with Crippen LogP contribution in [0.2, 0.25) is 0 Å². The van der Waals surface area contributed by atoms with Gasteiger partial charge in [0.1, 0.15) is 5.82 Å². The molecule has 1 aromatic heterocycles. The summed E-state index contributed by atoms with van der Waals surface area (Å²) >= 11 is 0. The lowest BCUT2D eigenvalue weighted by atomic mass is 10.2. The van der Waals surface area contributed by atoms with Gasteiger partial charge >= 0.3 is 12.1 Å². The molecule has 1 heterocycles. The van der Waals surface area contributed by atoms with E-state index in [1.54, 1.807) is 12.1 Å². The third-order valence-corrected chi connectivity index (χ3v) is 3.58. The zero-order chi connectivity index (χ0) is 19.3. The third-order valence-electron chi connectivity index (χ3n) is 3.58. The van der Waals surface area contributed by atoms with E-state index in [4.69, 9.17) is 0 Å². The average Bonchev–Trinajstić information content (AvgIpc) is 2.60. The van der Waals surface area contributed by atoms with Crippen LogP contribution in [0.3, 0.4) is 0 Å². The van der Waals surface area contributed by atoms with Crippen molar-refractivity contribution in [2.45, 2.75) is 32.5 Å². The standard InChI is InChI=1S/C17H19F3N4O2/c1-4-10(2)21-16-23-13(17(18,19)20)9-14(24-16)22-12-7-5-11(6-8-12)15(25)26-3/h5-10H,4H2,1-3H3,(H2,21,22,23,24)/t10-/m0/s1. The second kappa shape index (κ2) is 8.03. The Kier molecular flexibility index (Phi) is 6.01. The molecule has 0 fully saturated rings. The SMILES string of the molecule is CC[C@H](C)Nc1nc(Nc2ccc(C(=O)OC)cc2)cc(C(F)(F)F)n1. The fourth-order valence-corrected chi connectivity index (χ4v) is 2.00. The Morgan fingerprint density at radius 3 is 2.42 bits per heavy atom. The molecule has 2 rings (SSSR count). The lowest BCUT2D eigenvalue weighted by molar-refractivity contribution is -0.141. The van der Waals surface area contributed by atoms with Gasteiger partial charge in [-0.3, -0.25) is 0 Å². The van der Waals surface area contributed by atoms with Gasteiger partial charge in [-0.1, -0.05) is 6.92 Å². The van der Waals surface area contributed by atoms with Gasteiger partial charge in [-0.2, -0.15) is 18.2 Å². The maximum absolute atomic E-state index is 13.1. The number of methoxy groups -OCH3 is 1. The van der Waals surface area contributed by atoms with Crippen LogP contribution in [0.4, 0.5) is 30.6 Å². The van der Waals surface area contributed by atoms with Crippen molar-refractivity contribution in [3.63, 3.8) is 0 Å². The molecule has 0 aliphatic heterocycles. The molecule has 26 heavy (non-hydrogen) atoms. The third kappa shape index (κ3) is 5.08. The van der Waals surface area contributed by atoms with Crippen LogP contribution in [-0.4, -0.2) is 29.1 Å². The van der Waals surface area contributed by atoms with Gasteiger partial charge in [-0.15, -0.1) is 0 Å². The van der Waals surface area contributed by atoms with Crippen molar-refractivity contribution in [2.75, 3.05) is 17.7 Å². The molecular formula is C17H19F3N4O2. The second-order valence-electron chi connectivity index (χ2n) is 5.61. The first kappa shape index (κ1) is 19.5. The molecule has 0 unspecified atom stereocenters. The van der Waals surface area contributed by atoms with Crippen LogP contribution in [-0.2, 0) is 10.9 Å². The number of anilines is 3. The summed E-state index contributed by atoms with van der Waals surface area (Å²) in [5.74, 6) is -0.621. The molecule has 2 aromatic rings. The highest BCUT2D eigenvalue weighted by atomic mass is 19.4. The van der Waals surface area contributed by atoms with Crippen molar-refractivity contribution in [2.24, 2.45) is 0 Å². The number of hydrogen-bond donors (Lipinski definition) is 2. The van der Waals surface area contributed by atoms with E-state index in [9.17, 15) is 18.0 Å². The quantitative estimate of drug-likeness (QED) is 0.743. The minimum absolute atomic E-state index is 0.0102. The van der Waals surface area contributed by atoms with E-state index in [2.05, 4.69) is 25.3 Å². The van der Waals surface area contributed by atoms with Gasteiger partial charge in [0.25, 0.3) is 0 Å². The number of benzene rings is 1. The van der Waals surface area contributed by atoms with Crippen LogP contribution in [0.25, 0.3) is 0 Å². The van der Waals surface area contributed by atoms with E-state index < -0.39 is 17.8 Å². The van der Waals surface area contributed by atoms with Crippen molar-refractivity contribution < 1.29 is 22.7 Å². The summed E-state index contributed by atoms with van der Waals surface area (Å²) in [6.07, 6.45) is -3.89. The minimum Gasteiger partial charge on any atom is -0.465 e. The number of ether oxygens (including phenoxy) is 1. The molecule has 6 nitrogen and oxygen atoms in total. The number of nitrogens with one attached hydrogen (secondary N) is 2. The van der Waals surface area contributed by atoms with Crippen LogP contribution >= 0.6 is 0 Å². The van der Waals surface area contributed by atoms with Crippen LogP contribution in [0, 0.1) is 0 Å². The largest absolute Gasteiger partial charge is 0.465 e. The number of hydrogen-bond acceptors (Lipinski definition) is 6. The summed E-state index contributed by atoms with van der Waals surface area (Å²) in [5, 5.41) is 5.63. The highest BCUT2D eigenvalue weighted by molar-refractivity contribution is 5.89. The van der Waals surface area contributed by atoms with E-state index >= 15 is 0 Å². The normalized spacial score (nSPS) is 12.4. The molecule has 0 spiro atoms. The first-order chi connectivity index (χ1) is 12.2. The number of carbonyl (C=O) groups excluding carboxylic acids is 1. The van der Waals surface area contributed by atoms with Crippen LogP contribution in [0.5, 0.6) is 0 Å². The average molecular weight is 368 g/mol. The van der Waals surface area contributed by atoms with Crippen molar-refractivity contribution in [3.8, 4) is 0 Å². The number of aromatic nitrogens is 2. The smallest absolute Gasteiger partial charge is 0.433 e. The Hall–Kier alpha value is -2.84. The predicted octanol–water partition coefficient (Wildman–Crippen LogP) is 4.24. The van der Waals surface area contributed by atoms with E-state index in [1.165, 1.54) is 19.2 Å². The van der Waals surface area contributed by atoms with E-state index in [1.807, 2.05) is 13.8 Å². The fraction of sp³-hybridized carbons (Fsp3) is 0.353. The Morgan fingerprint density at radius 1 is 1.23 bits per heavy atom. The summed E-state index contributed by atoms with van der Waals surface area (Å²) in [4.78, 5) is 19.0. The lowest BCUT2D eigenvalue weighted by Crippen LogP contribution is -2.18. The fourth-order valence-electron chi connectivity index (χ4n) is 2.00. The zero-order valence-electron chi connectivity index (χ0n) is 14.5. The van der Waals surface area contributed by atoms with Gasteiger partial charge in [-0.05, 0) is 37.6 Å². The molecule has 0 amide bonds. The topological polar surface area (TPSA) is 76.1 Å². The van der Waals surface area contributed by atoms with E-state index in [-0.39, 0.29) is 17.8 Å². The number of nitrogens with zero attached hydrogens (tertiary/aromatic N) is 2. The minimum atomic E-state index is -4.60. The molecular weight excluding hydrogens is 349 g/mol. The van der Waals surface area contributed by atoms with Crippen molar-refractivity contribution in [3.05, 3.63) is 41.6 Å². The molecule has 1 atom stereocenters. The summed E-state index contributed by atoms with van der Waals surface area (Å²) in [6.45, 7) is 3.72. The Balaban J connectivity index is 2.29. The number of rotatable bonds is 6. The highest BCUT2D eigenvalue weighted by Gasteiger charge is 2.33. The Labute approximate surface area is 148 Å². The molecule has 0 radical (unpaired) electrons. The molecule has 0 saturated carbocycles. The van der Waals surface area contributed by atoms with Crippen molar-refractivity contribution >= 4 is 23.4 Å². The summed E-state index contributed by atoms with van der Waals surface area (Å²) in [6, 6.07) is 6.84. The van der Waals surface area contributed by atoms with Crippen LogP contribution < -0.4 is 10.6 Å². The maximum Gasteiger partial charge on any atom is 0.433 e. The monoisotopic (exact) mass is 368 g/mol. The van der Waals surface area contributed by atoms with Crippen molar-refractivity contribution in [1.82, 2.24) is 9.97 Å². The van der Waals surface area contributed by atoms with Gasteiger partial charge in [0.05, 0.1) is 12.7 Å². The molecule has 2 N–H and O–H groups in total. The summed E-state index contributed by atoms with van der Waals surface area (Å²) < 4.78 is 43.9. The molecule has 0 aliphatic rings. The zero-order valence-corrected chi connectivity index (χ0v) is 14.5. The number of esters is 1. The summed E-state index contributed by atoms with van der Waals surface area (Å²) in [5.41, 5.74) is -0.248. The van der Waals surface area contributed by atoms with Gasteiger partial charge in [0, 0.05) is 17.8 Å². The van der Waals surface area contributed by atoms with Gasteiger partial charge < -0.3 is 15.4 Å². The maximum atomic E-state index is 13.1. The Bertz CT molecular complexity index is 764. The molecule has 0 bridgehead atoms. The van der Waals surface area contributed by atoms with Crippen LogP contribution in [0.1, 0.15) is 36.3 Å². The molecule has 0 saturated heterocycles. The predicted molar refractivity (Wildman–Crippen MR) is 91.5 cm³/mol. The summed E-state index contributed by atoms with van der Waals surface area (Å²) in [7, 11) is 1.26. The number of carbonyl (C=O) groups is 1. The van der Waals surface area contributed by atoms with E-state index in [0.29, 0.717) is 17.7 Å². The molecule has 1 aromatic carbocycles.